The molecule has 1 saturated carbocycles. The minimum absolute atomic E-state index is 0.387. The first-order valence-corrected chi connectivity index (χ1v) is 12.2. The van der Waals surface area contributed by atoms with Gasteiger partial charge < -0.3 is 4.57 Å². The Bertz CT molecular complexity index is 1080. The summed E-state index contributed by atoms with van der Waals surface area (Å²) in [7, 11) is -1.42. The van der Waals surface area contributed by atoms with Gasteiger partial charge in [0, 0.05) is 37.8 Å². The van der Waals surface area contributed by atoms with Crippen molar-refractivity contribution in [3.05, 3.63) is 36.1 Å². The molecule has 1 aliphatic heterocycles. The summed E-state index contributed by atoms with van der Waals surface area (Å²) < 4.78 is 30.9. The highest BCUT2D eigenvalue weighted by Crippen LogP contribution is 2.45. The van der Waals surface area contributed by atoms with Gasteiger partial charge in [0.25, 0.3) is 0 Å². The van der Waals surface area contributed by atoms with E-state index in [1.807, 2.05) is 35.8 Å². The number of benzene rings is 1. The fourth-order valence-corrected chi connectivity index (χ4v) is 7.96. The highest BCUT2D eigenvalue weighted by molar-refractivity contribution is 7.99. The number of nitrogens with zero attached hydrogens (tertiary/aromatic N) is 4. The summed E-state index contributed by atoms with van der Waals surface area (Å²) in [5.41, 5.74) is 2.60. The van der Waals surface area contributed by atoms with Crippen molar-refractivity contribution in [2.24, 2.45) is 18.9 Å². The molecule has 1 unspecified atom stereocenters. The zero-order chi connectivity index (χ0) is 18.6. The van der Waals surface area contributed by atoms with E-state index in [9.17, 15) is 8.42 Å². The molecule has 142 valence electrons. The molecule has 1 aliphatic carbocycles. The number of thioether (sulfide) groups is 1. The van der Waals surface area contributed by atoms with Crippen LogP contribution in [0, 0.1) is 11.8 Å². The minimum atomic E-state index is -3.44. The number of imidazole rings is 1. The molecule has 0 bridgehead atoms. The van der Waals surface area contributed by atoms with E-state index in [2.05, 4.69) is 9.97 Å². The lowest BCUT2D eigenvalue weighted by Gasteiger charge is -2.19. The van der Waals surface area contributed by atoms with Crippen LogP contribution in [0.2, 0.25) is 0 Å². The van der Waals surface area contributed by atoms with Gasteiger partial charge in [-0.25, -0.2) is 18.4 Å². The fraction of sp³-hybridized carbons (Fsp3) is 0.444. The van der Waals surface area contributed by atoms with E-state index in [4.69, 9.17) is 0 Å². The van der Waals surface area contributed by atoms with E-state index in [0.717, 1.165) is 28.2 Å². The molecule has 2 fully saturated rings. The Balaban J connectivity index is 1.29. The number of aromatic nitrogens is 3. The molecule has 0 amide bonds. The third-order valence-electron chi connectivity index (χ3n) is 5.66. The maximum absolute atomic E-state index is 13.1. The maximum atomic E-state index is 13.1. The number of hydrogen-bond donors (Lipinski definition) is 0. The van der Waals surface area contributed by atoms with Gasteiger partial charge in [0.05, 0.1) is 20.6 Å². The Kier molecular flexibility index (Phi) is 4.30. The summed E-state index contributed by atoms with van der Waals surface area (Å²) >= 11 is 3.30. The number of sulfonamides is 1. The molecule has 1 saturated heterocycles. The lowest BCUT2D eigenvalue weighted by molar-refractivity contribution is 0.447. The largest absolute Gasteiger partial charge is 0.329 e. The first-order chi connectivity index (χ1) is 13.0. The van der Waals surface area contributed by atoms with E-state index >= 15 is 0 Å². The van der Waals surface area contributed by atoms with Crippen molar-refractivity contribution in [1.29, 1.82) is 0 Å². The Morgan fingerprint density at radius 2 is 1.96 bits per heavy atom. The van der Waals surface area contributed by atoms with Gasteiger partial charge in [-0.15, -0.1) is 11.3 Å². The van der Waals surface area contributed by atoms with Crippen LogP contribution in [0.5, 0.6) is 0 Å². The van der Waals surface area contributed by atoms with Crippen LogP contribution in [0.25, 0.3) is 10.2 Å². The van der Waals surface area contributed by atoms with Gasteiger partial charge in [-0.05, 0) is 42.9 Å². The standard InChI is InChI=1S/C18H20N4O2S3/c1-21-5-4-19-18(21)26-14-6-12-9-22(10-13(12)7-14)27(23,24)15-2-3-16-17(8-15)25-11-20-16/h2-5,8,11-14H,6-7,9-10H2,1H3/t12-,13+,14?. The summed E-state index contributed by atoms with van der Waals surface area (Å²) in [6, 6.07) is 5.25. The van der Waals surface area contributed by atoms with E-state index < -0.39 is 10.0 Å². The van der Waals surface area contributed by atoms with Crippen molar-refractivity contribution in [1.82, 2.24) is 18.8 Å². The van der Waals surface area contributed by atoms with Crippen LogP contribution < -0.4 is 0 Å². The fourth-order valence-electron chi connectivity index (χ4n) is 4.25. The average Bonchev–Trinajstić information content (AvgIpc) is 3.39. The summed E-state index contributed by atoms with van der Waals surface area (Å²) in [5, 5.41) is 1.57. The second-order valence-corrected chi connectivity index (χ2v) is 11.4. The molecule has 27 heavy (non-hydrogen) atoms. The number of fused-ring (bicyclic) bond motifs is 2. The Labute approximate surface area is 166 Å². The van der Waals surface area contributed by atoms with Crippen LogP contribution in [0.15, 0.2) is 46.2 Å². The third-order valence-corrected chi connectivity index (χ3v) is 9.61. The highest BCUT2D eigenvalue weighted by atomic mass is 32.2. The van der Waals surface area contributed by atoms with Gasteiger partial charge in [0.2, 0.25) is 10.0 Å². The maximum Gasteiger partial charge on any atom is 0.243 e. The molecule has 2 aromatic heterocycles. The number of aryl methyl sites for hydroxylation is 1. The summed E-state index contributed by atoms with van der Waals surface area (Å²) in [4.78, 5) is 9.02. The second-order valence-electron chi connectivity index (χ2n) is 7.36. The number of hydrogen-bond acceptors (Lipinski definition) is 6. The van der Waals surface area contributed by atoms with E-state index in [-0.39, 0.29) is 0 Å². The minimum Gasteiger partial charge on any atom is -0.329 e. The molecule has 0 N–H and O–H groups in total. The van der Waals surface area contributed by atoms with Gasteiger partial charge in [-0.3, -0.25) is 0 Å². The Morgan fingerprint density at radius 3 is 2.67 bits per heavy atom. The van der Waals surface area contributed by atoms with Crippen LogP contribution >= 0.6 is 23.1 Å². The first-order valence-electron chi connectivity index (χ1n) is 8.98. The SMILES string of the molecule is Cn1ccnc1SC1C[C@@H]2CN(S(=O)(=O)c3ccc4ncsc4c3)C[C@@H]2C1. The van der Waals surface area contributed by atoms with Crippen molar-refractivity contribution >= 4 is 43.3 Å². The molecule has 9 heteroatoms. The number of thiazole rings is 1. The average molecular weight is 421 g/mol. The molecule has 3 heterocycles. The molecule has 5 rings (SSSR count). The van der Waals surface area contributed by atoms with E-state index in [0.29, 0.717) is 35.1 Å². The third kappa shape index (κ3) is 3.10. The zero-order valence-corrected chi connectivity index (χ0v) is 17.3. The second kappa shape index (κ2) is 6.58. The van der Waals surface area contributed by atoms with Crippen molar-refractivity contribution in [2.75, 3.05) is 13.1 Å². The van der Waals surface area contributed by atoms with Crippen molar-refractivity contribution in [3.8, 4) is 0 Å². The van der Waals surface area contributed by atoms with Gasteiger partial charge in [-0.2, -0.15) is 4.31 Å². The number of rotatable bonds is 4. The van der Waals surface area contributed by atoms with Gasteiger partial charge in [0.1, 0.15) is 0 Å². The van der Waals surface area contributed by atoms with Crippen LogP contribution in [-0.4, -0.2) is 45.6 Å². The highest BCUT2D eigenvalue weighted by Gasteiger charge is 2.45. The predicted octanol–water partition coefficient (Wildman–Crippen LogP) is 3.22. The van der Waals surface area contributed by atoms with Crippen molar-refractivity contribution in [2.45, 2.75) is 28.1 Å². The van der Waals surface area contributed by atoms with Crippen LogP contribution in [0.3, 0.4) is 0 Å². The lowest BCUT2D eigenvalue weighted by Crippen LogP contribution is -2.30. The van der Waals surface area contributed by atoms with Crippen molar-refractivity contribution < 1.29 is 8.42 Å². The summed E-state index contributed by atoms with van der Waals surface area (Å²) in [6.07, 6.45) is 5.91. The summed E-state index contributed by atoms with van der Waals surface area (Å²) in [6.45, 7) is 1.26. The molecule has 2 aliphatic rings. The lowest BCUT2D eigenvalue weighted by atomic mass is 10.0. The zero-order valence-electron chi connectivity index (χ0n) is 14.9. The monoisotopic (exact) mass is 420 g/mol. The normalized spacial score (nSPS) is 26.0. The molecular weight excluding hydrogens is 400 g/mol. The van der Waals surface area contributed by atoms with Gasteiger partial charge >= 0.3 is 0 Å². The smallest absolute Gasteiger partial charge is 0.243 e. The molecule has 6 nitrogen and oxygen atoms in total. The van der Waals surface area contributed by atoms with E-state index in [1.165, 1.54) is 11.3 Å². The Hall–Kier alpha value is -1.42. The van der Waals surface area contributed by atoms with Crippen LogP contribution in [0.1, 0.15) is 12.8 Å². The van der Waals surface area contributed by atoms with Gasteiger partial charge in [-0.1, -0.05) is 11.8 Å². The quantitative estimate of drug-likeness (QED) is 0.648. The van der Waals surface area contributed by atoms with E-state index in [1.54, 1.807) is 28.0 Å². The van der Waals surface area contributed by atoms with Gasteiger partial charge in [0.15, 0.2) is 5.16 Å². The Morgan fingerprint density at radius 1 is 1.19 bits per heavy atom. The molecule has 1 aromatic carbocycles. The summed E-state index contributed by atoms with van der Waals surface area (Å²) in [5.74, 6) is 0.898. The topological polar surface area (TPSA) is 68.1 Å². The molecule has 3 atom stereocenters. The first kappa shape index (κ1) is 17.7. The predicted molar refractivity (Wildman–Crippen MR) is 107 cm³/mol. The molecular formula is C18H20N4O2S3. The van der Waals surface area contributed by atoms with Crippen molar-refractivity contribution in [3.63, 3.8) is 0 Å². The molecule has 3 aromatic rings. The van der Waals surface area contributed by atoms with Crippen LogP contribution in [0.4, 0.5) is 0 Å². The molecule has 0 spiro atoms. The van der Waals surface area contributed by atoms with Crippen LogP contribution in [-0.2, 0) is 17.1 Å². The molecule has 0 radical (unpaired) electrons.